The minimum absolute atomic E-state index is 0.229. The lowest BCUT2D eigenvalue weighted by Gasteiger charge is -2.39. The van der Waals surface area contributed by atoms with E-state index in [4.69, 9.17) is 9.47 Å². The zero-order chi connectivity index (χ0) is 16.4. The Balaban J connectivity index is 1.52. The van der Waals surface area contributed by atoms with Crippen molar-refractivity contribution in [1.29, 1.82) is 0 Å². The number of aromatic nitrogens is 1. The van der Waals surface area contributed by atoms with Crippen LogP contribution in [-0.2, 0) is 9.47 Å². The Kier molecular flexibility index (Phi) is 4.57. The predicted octanol–water partition coefficient (Wildman–Crippen LogP) is 3.31. The molecule has 0 spiro atoms. The first-order valence-corrected chi connectivity index (χ1v) is 8.44. The lowest BCUT2D eigenvalue weighted by Crippen LogP contribution is -2.50. The van der Waals surface area contributed by atoms with Gasteiger partial charge in [-0.1, -0.05) is 6.07 Å². The van der Waals surface area contributed by atoms with Crippen LogP contribution in [0.2, 0.25) is 0 Å². The van der Waals surface area contributed by atoms with Crippen molar-refractivity contribution in [3.05, 3.63) is 29.6 Å². The van der Waals surface area contributed by atoms with E-state index in [0.29, 0.717) is 24.9 Å². The van der Waals surface area contributed by atoms with Gasteiger partial charge in [0.25, 0.3) is 0 Å². The first-order chi connectivity index (χ1) is 10.9. The monoisotopic (exact) mass is 318 g/mol. The van der Waals surface area contributed by atoms with E-state index in [1.165, 1.54) is 5.56 Å². The lowest BCUT2D eigenvalue weighted by molar-refractivity contribution is 0.00787. The summed E-state index contributed by atoms with van der Waals surface area (Å²) in [6.07, 6.45) is 3.93. The highest BCUT2D eigenvalue weighted by Crippen LogP contribution is 2.30. The Labute approximate surface area is 138 Å². The second-order valence-electron chi connectivity index (χ2n) is 7.49. The number of nitrogens with zero attached hydrogens (tertiary/aromatic N) is 2. The molecule has 5 heteroatoms. The molecule has 1 amide bonds. The van der Waals surface area contributed by atoms with Crippen molar-refractivity contribution >= 4 is 6.09 Å². The van der Waals surface area contributed by atoms with Gasteiger partial charge in [-0.2, -0.15) is 0 Å². The zero-order valence-electron chi connectivity index (χ0n) is 14.2. The Morgan fingerprint density at radius 1 is 1.22 bits per heavy atom. The summed E-state index contributed by atoms with van der Waals surface area (Å²) in [4.78, 5) is 18.3. The highest BCUT2D eigenvalue weighted by Gasteiger charge is 2.35. The first kappa shape index (κ1) is 16.2. The molecule has 1 aromatic heterocycles. The molecule has 23 heavy (non-hydrogen) atoms. The molecule has 126 valence electrons. The molecule has 1 aromatic rings. The van der Waals surface area contributed by atoms with Gasteiger partial charge in [0.05, 0.1) is 0 Å². The largest absolute Gasteiger partial charge is 0.444 e. The van der Waals surface area contributed by atoms with Crippen LogP contribution in [0.4, 0.5) is 4.79 Å². The van der Waals surface area contributed by atoms with Crippen molar-refractivity contribution in [2.75, 3.05) is 26.3 Å². The first-order valence-electron chi connectivity index (χ1n) is 8.44. The van der Waals surface area contributed by atoms with E-state index >= 15 is 0 Å². The molecule has 2 fully saturated rings. The van der Waals surface area contributed by atoms with Crippen LogP contribution in [0.15, 0.2) is 18.3 Å². The van der Waals surface area contributed by atoms with Crippen molar-refractivity contribution in [2.45, 2.75) is 51.0 Å². The SMILES string of the molecule is CC(C)(C)OC(=O)N1CC(c2ccc(C3CCOCC3)cn2)C1. The highest BCUT2D eigenvalue weighted by molar-refractivity contribution is 5.69. The molecule has 0 N–H and O–H groups in total. The van der Waals surface area contributed by atoms with Crippen LogP contribution in [-0.4, -0.2) is 47.9 Å². The summed E-state index contributed by atoms with van der Waals surface area (Å²) in [5.41, 5.74) is 1.94. The van der Waals surface area contributed by atoms with Gasteiger partial charge in [0.2, 0.25) is 0 Å². The van der Waals surface area contributed by atoms with Crippen molar-refractivity contribution < 1.29 is 14.3 Å². The van der Waals surface area contributed by atoms with Gasteiger partial charge in [-0.05, 0) is 51.2 Å². The van der Waals surface area contributed by atoms with Crippen LogP contribution >= 0.6 is 0 Å². The van der Waals surface area contributed by atoms with E-state index in [1.54, 1.807) is 4.90 Å². The van der Waals surface area contributed by atoms with Crippen LogP contribution in [0.3, 0.4) is 0 Å². The van der Waals surface area contributed by atoms with Crippen LogP contribution in [0.1, 0.15) is 56.7 Å². The second kappa shape index (κ2) is 6.48. The van der Waals surface area contributed by atoms with Crippen molar-refractivity contribution in [3.8, 4) is 0 Å². The van der Waals surface area contributed by atoms with Crippen molar-refractivity contribution in [3.63, 3.8) is 0 Å². The summed E-state index contributed by atoms with van der Waals surface area (Å²) in [7, 11) is 0. The normalized spacial score (nSPS) is 20.2. The van der Waals surface area contributed by atoms with Gasteiger partial charge in [0.1, 0.15) is 5.60 Å². The van der Waals surface area contributed by atoms with E-state index in [9.17, 15) is 4.79 Å². The molecule has 3 heterocycles. The lowest BCUT2D eigenvalue weighted by atomic mass is 9.91. The number of amides is 1. The Morgan fingerprint density at radius 2 is 1.91 bits per heavy atom. The standard InChI is InChI=1S/C18H26N2O3/c1-18(2,3)23-17(21)20-11-15(12-20)16-5-4-14(10-19-16)13-6-8-22-9-7-13/h4-5,10,13,15H,6-9,11-12H2,1-3H3. The van der Waals surface area contributed by atoms with E-state index in [-0.39, 0.29) is 6.09 Å². The number of hydrogen-bond acceptors (Lipinski definition) is 4. The summed E-state index contributed by atoms with van der Waals surface area (Å²) in [6, 6.07) is 4.30. The molecular formula is C18H26N2O3. The minimum atomic E-state index is -0.439. The molecule has 5 nitrogen and oxygen atoms in total. The molecule has 0 unspecified atom stereocenters. The van der Waals surface area contributed by atoms with E-state index < -0.39 is 5.60 Å². The Bertz CT molecular complexity index is 538. The van der Waals surface area contributed by atoms with Crippen LogP contribution < -0.4 is 0 Å². The van der Waals surface area contributed by atoms with Crippen molar-refractivity contribution in [2.24, 2.45) is 0 Å². The molecule has 0 radical (unpaired) electrons. The fourth-order valence-electron chi connectivity index (χ4n) is 3.07. The average molecular weight is 318 g/mol. The molecule has 0 saturated carbocycles. The molecule has 2 saturated heterocycles. The summed E-state index contributed by atoms with van der Waals surface area (Å²) in [6.45, 7) is 8.74. The fourth-order valence-corrected chi connectivity index (χ4v) is 3.07. The maximum absolute atomic E-state index is 11.9. The van der Waals surface area contributed by atoms with E-state index in [1.807, 2.05) is 27.0 Å². The number of ether oxygens (including phenoxy) is 2. The third-order valence-corrected chi connectivity index (χ3v) is 4.45. The molecule has 0 bridgehead atoms. The van der Waals surface area contributed by atoms with Crippen LogP contribution in [0.5, 0.6) is 0 Å². The molecule has 2 aliphatic rings. The zero-order valence-corrected chi connectivity index (χ0v) is 14.2. The van der Waals surface area contributed by atoms with Gasteiger partial charge >= 0.3 is 6.09 Å². The van der Waals surface area contributed by atoms with Gasteiger partial charge in [0, 0.05) is 44.1 Å². The average Bonchev–Trinajstić information content (AvgIpc) is 2.45. The maximum Gasteiger partial charge on any atom is 0.410 e. The molecule has 0 atom stereocenters. The third kappa shape index (κ3) is 4.02. The van der Waals surface area contributed by atoms with Gasteiger partial charge in [0.15, 0.2) is 0 Å². The number of carbonyl (C=O) groups is 1. The number of hydrogen-bond donors (Lipinski definition) is 0. The molecular weight excluding hydrogens is 292 g/mol. The van der Waals surface area contributed by atoms with Crippen LogP contribution in [0.25, 0.3) is 0 Å². The molecule has 0 aromatic carbocycles. The fraction of sp³-hybridized carbons (Fsp3) is 0.667. The molecule has 0 aliphatic carbocycles. The van der Waals surface area contributed by atoms with E-state index in [2.05, 4.69) is 17.1 Å². The predicted molar refractivity (Wildman–Crippen MR) is 87.6 cm³/mol. The molecule has 3 rings (SSSR count). The highest BCUT2D eigenvalue weighted by atomic mass is 16.6. The van der Waals surface area contributed by atoms with Gasteiger partial charge in [-0.3, -0.25) is 4.98 Å². The number of rotatable bonds is 2. The summed E-state index contributed by atoms with van der Waals surface area (Å²) in [5, 5.41) is 0. The molecule has 2 aliphatic heterocycles. The summed E-state index contributed by atoms with van der Waals surface area (Å²) in [5.74, 6) is 0.899. The van der Waals surface area contributed by atoms with E-state index in [0.717, 1.165) is 31.7 Å². The Hall–Kier alpha value is -1.62. The number of likely N-dealkylation sites (tertiary alicyclic amines) is 1. The van der Waals surface area contributed by atoms with Crippen LogP contribution in [0, 0.1) is 0 Å². The quantitative estimate of drug-likeness (QED) is 0.839. The summed E-state index contributed by atoms with van der Waals surface area (Å²) < 4.78 is 10.8. The smallest absolute Gasteiger partial charge is 0.410 e. The van der Waals surface area contributed by atoms with Gasteiger partial charge < -0.3 is 14.4 Å². The minimum Gasteiger partial charge on any atom is -0.444 e. The topological polar surface area (TPSA) is 51.7 Å². The van der Waals surface area contributed by atoms with Gasteiger partial charge in [-0.15, -0.1) is 0 Å². The van der Waals surface area contributed by atoms with Crippen molar-refractivity contribution in [1.82, 2.24) is 9.88 Å². The second-order valence-corrected chi connectivity index (χ2v) is 7.49. The number of pyridine rings is 1. The maximum atomic E-state index is 11.9. The van der Waals surface area contributed by atoms with Gasteiger partial charge in [-0.25, -0.2) is 4.79 Å². The number of carbonyl (C=O) groups excluding carboxylic acids is 1. The Morgan fingerprint density at radius 3 is 2.48 bits per heavy atom. The summed E-state index contributed by atoms with van der Waals surface area (Å²) >= 11 is 0. The third-order valence-electron chi connectivity index (χ3n) is 4.45.